The monoisotopic (exact) mass is 443 g/mol. The highest BCUT2D eigenvalue weighted by molar-refractivity contribution is 6.05. The van der Waals surface area contributed by atoms with Gasteiger partial charge in [0.15, 0.2) is 5.69 Å². The van der Waals surface area contributed by atoms with Gasteiger partial charge in [0.1, 0.15) is 0 Å². The van der Waals surface area contributed by atoms with Gasteiger partial charge in [-0.2, -0.15) is 18.3 Å². The van der Waals surface area contributed by atoms with Gasteiger partial charge in [-0.15, -0.1) is 0 Å². The Kier molecular flexibility index (Phi) is 6.04. The largest absolute Gasteiger partial charge is 0.416 e. The molecule has 1 aliphatic carbocycles. The van der Waals surface area contributed by atoms with Gasteiger partial charge in [-0.05, 0) is 43.0 Å². The number of amides is 1. The maximum atomic E-state index is 13.6. The van der Waals surface area contributed by atoms with Gasteiger partial charge in [-0.1, -0.05) is 43.7 Å². The van der Waals surface area contributed by atoms with Crippen molar-refractivity contribution in [2.75, 3.05) is 0 Å². The van der Waals surface area contributed by atoms with Crippen LogP contribution in [0.2, 0.25) is 0 Å². The molecule has 168 valence electrons. The maximum Gasteiger partial charge on any atom is 0.416 e. The van der Waals surface area contributed by atoms with Crippen LogP contribution in [0.15, 0.2) is 53.3 Å². The number of carbonyl (C=O) groups is 1. The standard InChI is InChI=1S/C24H24F3N3O2/c1-2-3-14-30-22(31)20-7-5-4-6-19(20)21(28-30)23(32)29(18-12-13-18)15-16-8-10-17(11-9-16)24(25,26)27/h4-11,18H,2-3,12-15H2,1H3. The molecule has 2 aromatic carbocycles. The molecule has 0 radical (unpaired) electrons. The Hall–Kier alpha value is -3.16. The molecule has 0 saturated heterocycles. The highest BCUT2D eigenvalue weighted by atomic mass is 19.4. The minimum absolute atomic E-state index is 0.0152. The number of carbonyl (C=O) groups excluding carboxylic acids is 1. The predicted molar refractivity (Wildman–Crippen MR) is 115 cm³/mol. The summed E-state index contributed by atoms with van der Waals surface area (Å²) in [6, 6.07) is 11.8. The molecule has 0 aliphatic heterocycles. The first-order valence-electron chi connectivity index (χ1n) is 10.8. The number of rotatable bonds is 7. The van der Waals surface area contributed by atoms with Crippen LogP contribution in [0, 0.1) is 0 Å². The van der Waals surface area contributed by atoms with E-state index in [1.807, 2.05) is 6.92 Å². The summed E-state index contributed by atoms with van der Waals surface area (Å²) in [7, 11) is 0. The maximum absolute atomic E-state index is 13.6. The molecule has 4 rings (SSSR count). The molecular weight excluding hydrogens is 419 g/mol. The number of aromatic nitrogens is 2. The van der Waals surface area contributed by atoms with Crippen molar-refractivity contribution in [3.05, 3.63) is 75.7 Å². The van der Waals surface area contributed by atoms with Crippen molar-refractivity contribution >= 4 is 16.7 Å². The Morgan fingerprint density at radius 1 is 1.09 bits per heavy atom. The third-order valence-corrected chi connectivity index (χ3v) is 5.68. The molecule has 1 aromatic heterocycles. The van der Waals surface area contributed by atoms with E-state index in [1.165, 1.54) is 16.8 Å². The Balaban J connectivity index is 1.69. The fourth-order valence-electron chi connectivity index (χ4n) is 3.74. The number of hydrogen-bond acceptors (Lipinski definition) is 3. The summed E-state index contributed by atoms with van der Waals surface area (Å²) in [5.41, 5.74) is -0.135. The first kappa shape index (κ1) is 22.0. The van der Waals surface area contributed by atoms with Crippen LogP contribution in [0.1, 0.15) is 54.2 Å². The Morgan fingerprint density at radius 3 is 2.34 bits per heavy atom. The molecule has 5 nitrogen and oxygen atoms in total. The van der Waals surface area contributed by atoms with Crippen LogP contribution in [0.25, 0.3) is 10.8 Å². The van der Waals surface area contributed by atoms with Crippen LogP contribution in [-0.4, -0.2) is 26.6 Å². The van der Waals surface area contributed by atoms with E-state index in [2.05, 4.69) is 5.10 Å². The van der Waals surface area contributed by atoms with Gasteiger partial charge < -0.3 is 4.90 Å². The first-order chi connectivity index (χ1) is 15.3. The lowest BCUT2D eigenvalue weighted by Gasteiger charge is -2.23. The second-order valence-corrected chi connectivity index (χ2v) is 8.13. The topological polar surface area (TPSA) is 55.2 Å². The normalized spacial score (nSPS) is 14.0. The van der Waals surface area contributed by atoms with Gasteiger partial charge in [0.25, 0.3) is 11.5 Å². The summed E-state index contributed by atoms with van der Waals surface area (Å²) >= 11 is 0. The smallest absolute Gasteiger partial charge is 0.330 e. The van der Waals surface area contributed by atoms with Crippen LogP contribution >= 0.6 is 0 Å². The Morgan fingerprint density at radius 2 is 1.75 bits per heavy atom. The predicted octanol–water partition coefficient (Wildman–Crippen LogP) is 5.02. The zero-order valence-corrected chi connectivity index (χ0v) is 17.7. The number of alkyl halides is 3. The van der Waals surface area contributed by atoms with Crippen LogP contribution in [0.3, 0.4) is 0 Å². The Labute approximate surface area is 183 Å². The van der Waals surface area contributed by atoms with Gasteiger partial charge in [-0.3, -0.25) is 9.59 Å². The number of benzene rings is 2. The van der Waals surface area contributed by atoms with Gasteiger partial charge >= 0.3 is 6.18 Å². The zero-order chi connectivity index (χ0) is 22.9. The summed E-state index contributed by atoms with van der Waals surface area (Å²) in [5, 5.41) is 5.35. The lowest BCUT2D eigenvalue weighted by atomic mass is 10.1. The highest BCUT2D eigenvalue weighted by Crippen LogP contribution is 2.32. The van der Waals surface area contributed by atoms with E-state index in [1.54, 1.807) is 29.2 Å². The SMILES string of the molecule is CCCCn1nc(C(=O)N(Cc2ccc(C(F)(F)F)cc2)C2CC2)c2ccccc2c1=O. The number of hydrogen-bond donors (Lipinski definition) is 0. The number of aryl methyl sites for hydroxylation is 1. The summed E-state index contributed by atoms with van der Waals surface area (Å²) in [5.74, 6) is -0.311. The molecule has 0 spiro atoms. The van der Waals surface area contributed by atoms with E-state index in [9.17, 15) is 22.8 Å². The van der Waals surface area contributed by atoms with Crippen molar-refractivity contribution in [2.45, 2.75) is 57.9 Å². The molecule has 3 aromatic rings. The highest BCUT2D eigenvalue weighted by Gasteiger charge is 2.35. The quantitative estimate of drug-likeness (QED) is 0.515. The molecule has 1 amide bonds. The fraction of sp³-hybridized carbons (Fsp3) is 0.375. The molecule has 0 unspecified atom stereocenters. The van der Waals surface area contributed by atoms with Crippen molar-refractivity contribution in [1.82, 2.24) is 14.7 Å². The molecule has 1 heterocycles. The number of unbranched alkanes of at least 4 members (excludes halogenated alkanes) is 1. The van der Waals surface area contributed by atoms with Crippen LogP contribution in [0.4, 0.5) is 13.2 Å². The first-order valence-corrected chi connectivity index (χ1v) is 10.8. The molecule has 1 saturated carbocycles. The number of halogens is 3. The Bertz CT molecular complexity index is 1180. The van der Waals surface area contributed by atoms with Crippen molar-refractivity contribution < 1.29 is 18.0 Å². The van der Waals surface area contributed by atoms with E-state index >= 15 is 0 Å². The number of fused-ring (bicyclic) bond motifs is 1. The van der Waals surface area contributed by atoms with Gasteiger partial charge in [0.2, 0.25) is 0 Å². The minimum Gasteiger partial charge on any atom is -0.330 e. The van der Waals surface area contributed by atoms with Crippen molar-refractivity contribution in [3.8, 4) is 0 Å². The summed E-state index contributed by atoms with van der Waals surface area (Å²) in [6.45, 7) is 2.62. The molecule has 32 heavy (non-hydrogen) atoms. The average Bonchev–Trinajstić information content (AvgIpc) is 3.62. The molecule has 0 bridgehead atoms. The third kappa shape index (κ3) is 4.54. The fourth-order valence-corrected chi connectivity index (χ4v) is 3.74. The summed E-state index contributed by atoms with van der Waals surface area (Å²) in [4.78, 5) is 28.0. The molecular formula is C24H24F3N3O2. The van der Waals surface area contributed by atoms with Crippen LogP contribution in [0.5, 0.6) is 0 Å². The van der Waals surface area contributed by atoms with E-state index in [0.29, 0.717) is 22.9 Å². The summed E-state index contributed by atoms with van der Waals surface area (Å²) < 4.78 is 40.0. The van der Waals surface area contributed by atoms with E-state index in [0.717, 1.165) is 37.8 Å². The lowest BCUT2D eigenvalue weighted by Crippen LogP contribution is -2.35. The van der Waals surface area contributed by atoms with E-state index in [-0.39, 0.29) is 29.7 Å². The zero-order valence-electron chi connectivity index (χ0n) is 17.7. The molecule has 8 heteroatoms. The molecule has 1 aliphatic rings. The van der Waals surface area contributed by atoms with E-state index < -0.39 is 11.7 Å². The average molecular weight is 443 g/mol. The molecule has 1 fully saturated rings. The second kappa shape index (κ2) is 8.76. The van der Waals surface area contributed by atoms with Gasteiger partial charge in [-0.25, -0.2) is 4.68 Å². The van der Waals surface area contributed by atoms with Crippen molar-refractivity contribution in [1.29, 1.82) is 0 Å². The van der Waals surface area contributed by atoms with E-state index in [4.69, 9.17) is 0 Å². The second-order valence-electron chi connectivity index (χ2n) is 8.13. The van der Waals surface area contributed by atoms with Gasteiger partial charge in [0.05, 0.1) is 10.9 Å². The third-order valence-electron chi connectivity index (χ3n) is 5.68. The van der Waals surface area contributed by atoms with Crippen molar-refractivity contribution in [3.63, 3.8) is 0 Å². The van der Waals surface area contributed by atoms with Gasteiger partial charge in [0, 0.05) is 24.5 Å². The summed E-state index contributed by atoms with van der Waals surface area (Å²) in [6.07, 6.45) is -1.10. The lowest BCUT2D eigenvalue weighted by molar-refractivity contribution is -0.137. The molecule has 0 atom stereocenters. The van der Waals surface area contributed by atoms with Crippen molar-refractivity contribution in [2.24, 2.45) is 0 Å². The number of nitrogens with zero attached hydrogens (tertiary/aromatic N) is 3. The van der Waals surface area contributed by atoms with Crippen LogP contribution < -0.4 is 5.56 Å². The molecule has 0 N–H and O–H groups in total. The minimum atomic E-state index is -4.40. The van der Waals surface area contributed by atoms with Crippen LogP contribution in [-0.2, 0) is 19.3 Å².